The van der Waals surface area contributed by atoms with E-state index in [4.69, 9.17) is 10.8 Å². The van der Waals surface area contributed by atoms with Crippen LogP contribution in [0.3, 0.4) is 0 Å². The molecule has 0 bridgehead atoms. The first-order valence-corrected chi connectivity index (χ1v) is 6.74. The Morgan fingerprint density at radius 2 is 2.00 bits per heavy atom. The highest BCUT2D eigenvalue weighted by Gasteiger charge is 2.30. The number of nitrogens with two attached hydrogens (primary N) is 1. The van der Waals surface area contributed by atoms with E-state index in [0.717, 1.165) is 7.11 Å². The SMILES string of the molecule is COc1c(C(N)C(=O)O)cc(F)c(S(C)(=O)=O)c1F. The first kappa shape index (κ1) is 15.3. The van der Waals surface area contributed by atoms with E-state index in [1.54, 1.807) is 0 Å². The third-order valence-electron chi connectivity index (χ3n) is 2.34. The van der Waals surface area contributed by atoms with Crippen LogP contribution in [-0.4, -0.2) is 32.9 Å². The van der Waals surface area contributed by atoms with Gasteiger partial charge in [0.1, 0.15) is 16.8 Å². The average molecular weight is 295 g/mol. The topological polar surface area (TPSA) is 107 Å². The molecule has 6 nitrogen and oxygen atoms in total. The number of ether oxygens (including phenoxy) is 1. The minimum Gasteiger partial charge on any atom is -0.493 e. The maximum Gasteiger partial charge on any atom is 0.325 e. The van der Waals surface area contributed by atoms with Crippen molar-refractivity contribution in [3.63, 3.8) is 0 Å². The molecule has 3 N–H and O–H groups in total. The zero-order chi connectivity index (χ0) is 15.0. The molecule has 0 aliphatic heterocycles. The van der Waals surface area contributed by atoms with Crippen LogP contribution in [0.4, 0.5) is 8.78 Å². The summed E-state index contributed by atoms with van der Waals surface area (Å²) >= 11 is 0. The molecule has 19 heavy (non-hydrogen) atoms. The molecule has 1 rings (SSSR count). The first-order chi connectivity index (χ1) is 8.61. The van der Waals surface area contributed by atoms with Crippen LogP contribution in [0, 0.1) is 11.6 Å². The molecule has 1 unspecified atom stereocenters. The number of rotatable bonds is 4. The number of carboxylic acid groups (broad SMARTS) is 1. The summed E-state index contributed by atoms with van der Waals surface area (Å²) in [6.07, 6.45) is 0.616. The van der Waals surface area contributed by atoms with Crippen LogP contribution in [0.25, 0.3) is 0 Å². The molecule has 0 fully saturated rings. The molecule has 0 saturated carbocycles. The average Bonchev–Trinajstić information content (AvgIpc) is 2.25. The number of hydrogen-bond donors (Lipinski definition) is 2. The second kappa shape index (κ2) is 5.10. The van der Waals surface area contributed by atoms with Gasteiger partial charge in [-0.1, -0.05) is 0 Å². The number of carbonyl (C=O) groups is 1. The van der Waals surface area contributed by atoms with Crippen molar-refractivity contribution in [2.45, 2.75) is 10.9 Å². The van der Waals surface area contributed by atoms with Crippen LogP contribution in [0.5, 0.6) is 5.75 Å². The van der Waals surface area contributed by atoms with E-state index in [1.807, 2.05) is 0 Å². The number of hydrogen-bond acceptors (Lipinski definition) is 5. The highest BCUT2D eigenvalue weighted by molar-refractivity contribution is 7.90. The third-order valence-corrected chi connectivity index (χ3v) is 3.45. The van der Waals surface area contributed by atoms with Crippen molar-refractivity contribution < 1.29 is 31.8 Å². The molecule has 0 spiro atoms. The number of sulfone groups is 1. The summed E-state index contributed by atoms with van der Waals surface area (Å²) < 4.78 is 54.7. The lowest BCUT2D eigenvalue weighted by Gasteiger charge is -2.15. The van der Waals surface area contributed by atoms with Crippen molar-refractivity contribution in [3.05, 3.63) is 23.3 Å². The number of methoxy groups -OCH3 is 1. The van der Waals surface area contributed by atoms with Crippen LogP contribution >= 0.6 is 0 Å². The van der Waals surface area contributed by atoms with Crippen molar-refractivity contribution in [3.8, 4) is 5.75 Å². The van der Waals surface area contributed by atoms with Crippen molar-refractivity contribution in [2.24, 2.45) is 5.73 Å². The number of aliphatic carboxylic acids is 1. The monoisotopic (exact) mass is 295 g/mol. The van der Waals surface area contributed by atoms with Crippen LogP contribution < -0.4 is 10.5 Å². The molecule has 0 amide bonds. The van der Waals surface area contributed by atoms with E-state index in [9.17, 15) is 22.0 Å². The van der Waals surface area contributed by atoms with E-state index in [-0.39, 0.29) is 0 Å². The van der Waals surface area contributed by atoms with E-state index in [1.165, 1.54) is 0 Å². The molecule has 1 aromatic carbocycles. The molecule has 0 aromatic heterocycles. The summed E-state index contributed by atoms with van der Waals surface area (Å²) in [5.74, 6) is -5.18. The fourth-order valence-corrected chi connectivity index (χ4v) is 2.35. The Balaban J connectivity index is 3.70. The fourth-order valence-electron chi connectivity index (χ4n) is 1.51. The van der Waals surface area contributed by atoms with Gasteiger partial charge >= 0.3 is 5.97 Å². The first-order valence-electron chi connectivity index (χ1n) is 4.85. The third kappa shape index (κ3) is 2.82. The number of benzene rings is 1. The molecule has 0 radical (unpaired) electrons. The Bertz CT molecular complexity index is 629. The van der Waals surface area contributed by atoms with E-state index in [0.29, 0.717) is 12.3 Å². The van der Waals surface area contributed by atoms with Gasteiger partial charge in [-0.15, -0.1) is 0 Å². The zero-order valence-corrected chi connectivity index (χ0v) is 10.8. The maximum absolute atomic E-state index is 13.9. The smallest absolute Gasteiger partial charge is 0.325 e. The van der Waals surface area contributed by atoms with Crippen molar-refractivity contribution in [1.82, 2.24) is 0 Å². The second-order valence-corrected chi connectivity index (χ2v) is 5.66. The van der Waals surface area contributed by atoms with Crippen molar-refractivity contribution in [2.75, 3.05) is 13.4 Å². The van der Waals surface area contributed by atoms with Gasteiger partial charge in [-0.3, -0.25) is 4.79 Å². The van der Waals surface area contributed by atoms with Gasteiger partial charge in [-0.05, 0) is 6.07 Å². The molecule has 106 valence electrons. The minimum atomic E-state index is -4.18. The van der Waals surface area contributed by atoms with Gasteiger partial charge in [0, 0.05) is 11.8 Å². The Morgan fingerprint density at radius 3 is 2.37 bits per heavy atom. The van der Waals surface area contributed by atoms with Gasteiger partial charge in [0.25, 0.3) is 0 Å². The van der Waals surface area contributed by atoms with Crippen LogP contribution in [-0.2, 0) is 14.6 Å². The molecular formula is C10H11F2NO5S. The predicted molar refractivity (Wildman–Crippen MR) is 60.6 cm³/mol. The predicted octanol–water partition coefficient (Wildman–Crippen LogP) is 0.461. The quantitative estimate of drug-likeness (QED) is 0.835. The lowest BCUT2D eigenvalue weighted by atomic mass is 10.1. The summed E-state index contributed by atoms with van der Waals surface area (Å²) in [6.45, 7) is 0. The molecule has 0 aliphatic rings. The van der Waals surface area contributed by atoms with Gasteiger partial charge < -0.3 is 15.6 Å². The van der Waals surface area contributed by atoms with E-state index >= 15 is 0 Å². The molecule has 0 saturated heterocycles. The van der Waals surface area contributed by atoms with Crippen molar-refractivity contribution in [1.29, 1.82) is 0 Å². The van der Waals surface area contributed by atoms with Gasteiger partial charge in [-0.2, -0.15) is 0 Å². The highest BCUT2D eigenvalue weighted by atomic mass is 32.2. The van der Waals surface area contributed by atoms with Gasteiger partial charge in [0.2, 0.25) is 0 Å². The number of carboxylic acids is 1. The summed E-state index contributed by atoms with van der Waals surface area (Å²) in [7, 11) is -3.19. The molecular weight excluding hydrogens is 284 g/mol. The number of halogens is 2. The molecule has 9 heteroatoms. The van der Waals surface area contributed by atoms with Crippen LogP contribution in [0.1, 0.15) is 11.6 Å². The summed E-state index contributed by atoms with van der Waals surface area (Å²) in [5.41, 5.74) is 4.76. The second-order valence-electron chi connectivity index (χ2n) is 3.71. The van der Waals surface area contributed by atoms with Gasteiger partial charge in [0.15, 0.2) is 21.4 Å². The Labute approximate surface area is 107 Å². The standard InChI is InChI=1S/C10H11F2NO5S/c1-18-8-4(7(13)10(14)15)3-5(11)9(6(8)12)19(2,16)17/h3,7H,13H2,1-2H3,(H,14,15). The molecule has 0 aliphatic carbocycles. The minimum absolute atomic E-state index is 0.489. The van der Waals surface area contributed by atoms with Gasteiger partial charge in [-0.25, -0.2) is 17.2 Å². The van der Waals surface area contributed by atoms with Crippen molar-refractivity contribution >= 4 is 15.8 Å². The summed E-state index contributed by atoms with van der Waals surface area (Å²) in [4.78, 5) is 9.54. The fraction of sp³-hybridized carbons (Fsp3) is 0.300. The molecule has 1 aromatic rings. The van der Waals surface area contributed by atoms with E-state index in [2.05, 4.69) is 4.74 Å². The summed E-state index contributed by atoms with van der Waals surface area (Å²) in [6, 6.07) is -1.20. The lowest BCUT2D eigenvalue weighted by Crippen LogP contribution is -2.22. The van der Waals surface area contributed by atoms with E-state index < -0.39 is 49.7 Å². The Kier molecular flexibility index (Phi) is 4.11. The normalized spacial score (nSPS) is 13.1. The largest absolute Gasteiger partial charge is 0.493 e. The van der Waals surface area contributed by atoms with Gasteiger partial charge in [0.05, 0.1) is 7.11 Å². The Morgan fingerprint density at radius 1 is 1.47 bits per heavy atom. The molecule has 0 heterocycles. The Hall–Kier alpha value is -1.74. The maximum atomic E-state index is 13.9. The zero-order valence-electron chi connectivity index (χ0n) is 9.98. The van der Waals surface area contributed by atoms with Crippen LogP contribution in [0.2, 0.25) is 0 Å². The molecule has 1 atom stereocenters. The summed E-state index contributed by atoms with van der Waals surface area (Å²) in [5, 5.41) is 8.72. The van der Waals surface area contributed by atoms with Crippen LogP contribution in [0.15, 0.2) is 11.0 Å². The lowest BCUT2D eigenvalue weighted by molar-refractivity contribution is -0.138. The highest BCUT2D eigenvalue weighted by Crippen LogP contribution is 2.33.